The maximum absolute atomic E-state index is 12.9. The van der Waals surface area contributed by atoms with Gasteiger partial charge in [0.2, 0.25) is 0 Å². The van der Waals surface area contributed by atoms with Crippen molar-refractivity contribution in [3.8, 4) is 16.9 Å². The number of ether oxygens (including phenoxy) is 1. The summed E-state index contributed by atoms with van der Waals surface area (Å²) >= 11 is 0. The summed E-state index contributed by atoms with van der Waals surface area (Å²) in [7, 11) is 1.65. The summed E-state index contributed by atoms with van der Waals surface area (Å²) in [5.74, 6) is 0.851. The van der Waals surface area contributed by atoms with Crippen molar-refractivity contribution in [2.75, 3.05) is 25.1 Å². The highest BCUT2D eigenvalue weighted by molar-refractivity contribution is 5.98. The number of hydrogen-bond donors (Lipinski definition) is 2. The fourth-order valence-electron chi connectivity index (χ4n) is 5.16. The number of methoxy groups -OCH3 is 1. The van der Waals surface area contributed by atoms with Crippen molar-refractivity contribution in [3.05, 3.63) is 90.3 Å². The Labute approximate surface area is 219 Å². The second-order valence-corrected chi connectivity index (χ2v) is 9.62. The number of hydrogen-bond acceptors (Lipinski definition) is 5. The molecule has 2 N–H and O–H groups in total. The minimum Gasteiger partial charge on any atom is -0.497 e. The molecule has 1 aromatic heterocycles. The van der Waals surface area contributed by atoms with E-state index >= 15 is 0 Å². The van der Waals surface area contributed by atoms with Crippen LogP contribution in [0.15, 0.2) is 79.1 Å². The Kier molecular flexibility index (Phi) is 7.53. The number of fused-ring (bicyclic) bond motifs is 1. The maximum Gasteiger partial charge on any atom is 0.416 e. The monoisotopic (exact) mass is 521 g/mol. The molecule has 0 saturated carbocycles. The molecule has 0 bridgehead atoms. The highest BCUT2D eigenvalue weighted by Crippen LogP contribution is 2.33. The van der Waals surface area contributed by atoms with Crippen LogP contribution in [0.4, 0.5) is 18.9 Å². The van der Waals surface area contributed by atoms with Crippen LogP contribution in [0.5, 0.6) is 5.75 Å². The number of nitrogens with zero attached hydrogens (tertiary/aromatic N) is 2. The zero-order valence-electron chi connectivity index (χ0n) is 21.1. The first-order valence-corrected chi connectivity index (χ1v) is 12.7. The van der Waals surface area contributed by atoms with Crippen LogP contribution in [-0.2, 0) is 12.7 Å². The fourth-order valence-corrected chi connectivity index (χ4v) is 5.16. The molecular formula is C30H30F3N3O2. The van der Waals surface area contributed by atoms with Gasteiger partial charge in [0.1, 0.15) is 12.0 Å². The molecule has 3 aromatic carbocycles. The van der Waals surface area contributed by atoms with Gasteiger partial charge in [-0.15, -0.1) is 0 Å². The van der Waals surface area contributed by atoms with Crippen LogP contribution in [0.25, 0.3) is 21.9 Å². The molecular weight excluding hydrogens is 491 g/mol. The van der Waals surface area contributed by atoms with Crippen molar-refractivity contribution >= 4 is 16.5 Å². The summed E-state index contributed by atoms with van der Waals surface area (Å²) < 4.78 is 43.9. The molecule has 8 heteroatoms. The fraction of sp³-hybridized carbons (Fsp3) is 0.300. The van der Waals surface area contributed by atoms with E-state index < -0.39 is 18.0 Å². The zero-order chi connectivity index (χ0) is 26.7. The van der Waals surface area contributed by atoms with E-state index in [9.17, 15) is 18.3 Å². The number of benzene rings is 3. The second-order valence-electron chi connectivity index (χ2n) is 9.62. The molecule has 1 unspecified atom stereocenters. The van der Waals surface area contributed by atoms with Gasteiger partial charge in [-0.3, -0.25) is 10.3 Å². The molecule has 4 aromatic rings. The summed E-state index contributed by atoms with van der Waals surface area (Å²) in [6.45, 7) is 1.84. The van der Waals surface area contributed by atoms with Crippen LogP contribution in [-0.4, -0.2) is 36.5 Å². The van der Waals surface area contributed by atoms with Crippen molar-refractivity contribution in [2.45, 2.75) is 31.8 Å². The Bertz CT molecular complexity index is 1380. The van der Waals surface area contributed by atoms with E-state index in [4.69, 9.17) is 4.74 Å². The molecule has 0 aliphatic carbocycles. The third-order valence-electron chi connectivity index (χ3n) is 7.34. The van der Waals surface area contributed by atoms with Gasteiger partial charge in [0.05, 0.1) is 12.7 Å². The van der Waals surface area contributed by atoms with Crippen LogP contribution in [0.3, 0.4) is 0 Å². The van der Waals surface area contributed by atoms with E-state index in [-0.39, 0.29) is 5.92 Å². The third-order valence-corrected chi connectivity index (χ3v) is 7.34. The van der Waals surface area contributed by atoms with Gasteiger partial charge >= 0.3 is 6.18 Å². The number of aromatic nitrogens is 1. The Morgan fingerprint density at radius 3 is 2.50 bits per heavy atom. The molecule has 198 valence electrons. The van der Waals surface area contributed by atoms with Gasteiger partial charge in [0, 0.05) is 49.0 Å². The van der Waals surface area contributed by atoms with Crippen molar-refractivity contribution in [1.82, 2.24) is 10.3 Å². The number of halogens is 3. The molecule has 2 heterocycles. The maximum atomic E-state index is 12.9. The number of rotatable bonds is 7. The molecule has 0 amide bonds. The van der Waals surface area contributed by atoms with Gasteiger partial charge < -0.3 is 14.7 Å². The van der Waals surface area contributed by atoms with Crippen LogP contribution in [0.1, 0.15) is 24.0 Å². The lowest BCUT2D eigenvalue weighted by Gasteiger charge is -2.36. The summed E-state index contributed by atoms with van der Waals surface area (Å²) in [5, 5.41) is 16.3. The molecule has 1 saturated heterocycles. The zero-order valence-corrected chi connectivity index (χ0v) is 21.1. The highest BCUT2D eigenvalue weighted by Gasteiger charge is 2.31. The van der Waals surface area contributed by atoms with E-state index in [1.165, 1.54) is 12.1 Å². The van der Waals surface area contributed by atoms with Crippen LogP contribution >= 0.6 is 0 Å². The lowest BCUT2D eigenvalue weighted by atomic mass is 9.93. The molecule has 5 rings (SSSR count). The number of aliphatic hydroxyl groups excluding tert-OH is 1. The molecule has 1 aliphatic heterocycles. The second kappa shape index (κ2) is 11.0. The van der Waals surface area contributed by atoms with Crippen LogP contribution < -0.4 is 15.0 Å². The minimum atomic E-state index is -4.34. The van der Waals surface area contributed by atoms with E-state index in [0.717, 1.165) is 63.9 Å². The first-order chi connectivity index (χ1) is 18.3. The smallest absolute Gasteiger partial charge is 0.416 e. The van der Waals surface area contributed by atoms with Gasteiger partial charge in [-0.1, -0.05) is 24.3 Å². The van der Waals surface area contributed by atoms with Gasteiger partial charge in [-0.05, 0) is 77.4 Å². The lowest BCUT2D eigenvalue weighted by Crippen LogP contribution is -2.43. The Morgan fingerprint density at radius 2 is 1.79 bits per heavy atom. The SMILES string of the molecule is COc1cccc(-c2ccc(CNC(O)C3CCN(c4ccc(C(F)(F)F)cc4)CC3)c3cnccc23)c1. The predicted molar refractivity (Wildman–Crippen MR) is 143 cm³/mol. The van der Waals surface area contributed by atoms with Crippen molar-refractivity contribution in [1.29, 1.82) is 0 Å². The lowest BCUT2D eigenvalue weighted by molar-refractivity contribution is -0.137. The number of alkyl halides is 3. The van der Waals surface area contributed by atoms with Crippen LogP contribution in [0.2, 0.25) is 0 Å². The topological polar surface area (TPSA) is 57.6 Å². The number of nitrogens with one attached hydrogen (secondary N) is 1. The number of aliphatic hydroxyl groups is 1. The number of piperidine rings is 1. The molecule has 5 nitrogen and oxygen atoms in total. The van der Waals surface area contributed by atoms with Crippen molar-refractivity contribution in [2.24, 2.45) is 5.92 Å². The largest absolute Gasteiger partial charge is 0.497 e. The summed E-state index contributed by atoms with van der Waals surface area (Å²) in [4.78, 5) is 6.40. The molecule has 1 aliphatic rings. The molecule has 0 radical (unpaired) electrons. The van der Waals surface area contributed by atoms with E-state index in [2.05, 4.69) is 33.4 Å². The first-order valence-electron chi connectivity index (χ1n) is 12.7. The Morgan fingerprint density at radius 1 is 1.03 bits per heavy atom. The molecule has 1 fully saturated rings. The van der Waals surface area contributed by atoms with Gasteiger partial charge in [0.15, 0.2) is 0 Å². The third kappa shape index (κ3) is 5.61. The first kappa shape index (κ1) is 26.0. The number of pyridine rings is 1. The standard InChI is InChI=1S/C30H30F3N3O2/c1-38-25-4-2-3-21(17-25)26-10-5-22(28-19-34-14-11-27(26)28)18-35-29(37)20-12-15-36(16-13-20)24-8-6-23(7-9-24)30(31,32)33/h2-11,14,17,19-20,29,35,37H,12-13,15-16,18H2,1H3. The summed E-state index contributed by atoms with van der Waals surface area (Å²) in [6.07, 6.45) is 0.0962. The molecule has 1 atom stereocenters. The quantitative estimate of drug-likeness (QED) is 0.282. The highest BCUT2D eigenvalue weighted by atomic mass is 19.4. The normalized spacial score (nSPS) is 15.6. The van der Waals surface area contributed by atoms with Gasteiger partial charge in [-0.2, -0.15) is 13.2 Å². The summed E-state index contributed by atoms with van der Waals surface area (Å²) in [6, 6.07) is 19.4. The van der Waals surface area contributed by atoms with E-state index in [0.29, 0.717) is 19.6 Å². The minimum absolute atomic E-state index is 0.0566. The van der Waals surface area contributed by atoms with Gasteiger partial charge in [0.25, 0.3) is 0 Å². The molecule has 0 spiro atoms. The Balaban J connectivity index is 1.22. The van der Waals surface area contributed by atoms with Crippen LogP contribution in [0, 0.1) is 5.92 Å². The van der Waals surface area contributed by atoms with E-state index in [1.807, 2.05) is 30.5 Å². The molecule has 38 heavy (non-hydrogen) atoms. The Hall–Kier alpha value is -3.62. The number of anilines is 1. The average Bonchev–Trinajstić information content (AvgIpc) is 2.95. The van der Waals surface area contributed by atoms with Crippen molar-refractivity contribution in [3.63, 3.8) is 0 Å². The van der Waals surface area contributed by atoms with Crippen molar-refractivity contribution < 1.29 is 23.0 Å². The van der Waals surface area contributed by atoms with Gasteiger partial charge in [-0.25, -0.2) is 0 Å². The predicted octanol–water partition coefficient (Wildman–Crippen LogP) is 6.25. The average molecular weight is 522 g/mol. The summed E-state index contributed by atoms with van der Waals surface area (Å²) in [5.41, 5.74) is 3.31. The van der Waals surface area contributed by atoms with E-state index in [1.54, 1.807) is 13.3 Å².